The number of hydrogen-bond acceptors (Lipinski definition) is 2. The van der Waals surface area contributed by atoms with Gasteiger partial charge in [0, 0.05) is 28.3 Å². The Hall–Kier alpha value is -0.830. The molecule has 0 N–H and O–H groups in total. The lowest BCUT2D eigenvalue weighted by atomic mass is 10.1. The third-order valence-electron chi connectivity index (χ3n) is 3.05. The van der Waals surface area contributed by atoms with Crippen LogP contribution in [0.3, 0.4) is 0 Å². The van der Waals surface area contributed by atoms with Gasteiger partial charge in [0.2, 0.25) is 0 Å². The monoisotopic (exact) mass is 311 g/mol. The summed E-state index contributed by atoms with van der Waals surface area (Å²) in [5.41, 5.74) is 1.80. The van der Waals surface area contributed by atoms with E-state index in [0.717, 1.165) is 28.6 Å². The molecule has 0 spiro atoms. The zero-order valence-corrected chi connectivity index (χ0v) is 13.0. The molecule has 0 aliphatic rings. The van der Waals surface area contributed by atoms with E-state index in [1.54, 1.807) is 0 Å². The molecular weight excluding hydrogens is 290 g/mol. The number of benzene rings is 1. The van der Waals surface area contributed by atoms with Crippen molar-refractivity contribution in [3.63, 3.8) is 0 Å². The Labute approximate surface area is 119 Å². The molecule has 0 amide bonds. The summed E-state index contributed by atoms with van der Waals surface area (Å²) in [5, 5.41) is 0. The van der Waals surface area contributed by atoms with E-state index < -0.39 is 0 Å². The minimum absolute atomic E-state index is 0.404. The molecule has 0 fully saturated rings. The highest BCUT2D eigenvalue weighted by Gasteiger charge is 2.14. The van der Waals surface area contributed by atoms with Gasteiger partial charge in [-0.3, -0.25) is 4.79 Å². The molecule has 1 aromatic rings. The van der Waals surface area contributed by atoms with E-state index in [1.165, 1.54) is 19.3 Å². The number of aldehydes is 1. The minimum atomic E-state index is 0.404. The topological polar surface area (TPSA) is 20.3 Å². The van der Waals surface area contributed by atoms with E-state index in [0.29, 0.717) is 6.04 Å². The van der Waals surface area contributed by atoms with Gasteiger partial charge in [0.05, 0.1) is 0 Å². The average molecular weight is 312 g/mol. The second-order valence-corrected chi connectivity index (χ2v) is 5.73. The van der Waals surface area contributed by atoms with Crippen LogP contribution in [-0.4, -0.2) is 18.9 Å². The summed E-state index contributed by atoms with van der Waals surface area (Å²) < 4.78 is 0.950. The molecule has 100 valence electrons. The van der Waals surface area contributed by atoms with E-state index in [9.17, 15) is 4.79 Å². The molecule has 0 radical (unpaired) electrons. The standard InChI is InChI=1S/C15H22BrNO/c1-4-5-6-9-17(12(2)3)15-8-7-14(16)10-13(15)11-18/h7-8,10-12H,4-6,9H2,1-3H3. The highest BCUT2D eigenvalue weighted by Crippen LogP contribution is 2.25. The number of rotatable bonds is 7. The third kappa shape index (κ3) is 4.13. The first kappa shape index (κ1) is 15.2. The Morgan fingerprint density at radius 1 is 1.33 bits per heavy atom. The number of carbonyl (C=O) groups excluding carboxylic acids is 1. The zero-order chi connectivity index (χ0) is 13.5. The molecule has 0 saturated heterocycles. The zero-order valence-electron chi connectivity index (χ0n) is 11.4. The maximum Gasteiger partial charge on any atom is 0.152 e. The molecule has 18 heavy (non-hydrogen) atoms. The maximum absolute atomic E-state index is 11.2. The summed E-state index contributed by atoms with van der Waals surface area (Å²) in [7, 11) is 0. The van der Waals surface area contributed by atoms with Crippen LogP contribution in [0.15, 0.2) is 22.7 Å². The number of anilines is 1. The number of unbranched alkanes of at least 4 members (excludes halogenated alkanes) is 2. The minimum Gasteiger partial charge on any atom is -0.369 e. The van der Waals surface area contributed by atoms with Crippen molar-refractivity contribution < 1.29 is 4.79 Å². The average Bonchev–Trinajstić information content (AvgIpc) is 2.35. The Kier molecular flexibility index (Phi) is 6.41. The van der Waals surface area contributed by atoms with E-state index >= 15 is 0 Å². The van der Waals surface area contributed by atoms with E-state index in [-0.39, 0.29) is 0 Å². The molecule has 3 heteroatoms. The molecule has 2 nitrogen and oxygen atoms in total. The molecule has 0 unspecified atom stereocenters. The number of carbonyl (C=O) groups is 1. The van der Waals surface area contributed by atoms with Gasteiger partial charge in [-0.15, -0.1) is 0 Å². The molecule has 0 heterocycles. The molecule has 0 atom stereocenters. The predicted molar refractivity (Wildman–Crippen MR) is 81.5 cm³/mol. The number of hydrogen-bond donors (Lipinski definition) is 0. The summed E-state index contributed by atoms with van der Waals surface area (Å²) in [6.45, 7) is 7.55. The van der Waals surface area contributed by atoms with E-state index in [1.807, 2.05) is 18.2 Å². The van der Waals surface area contributed by atoms with Gasteiger partial charge in [0.15, 0.2) is 6.29 Å². The fraction of sp³-hybridized carbons (Fsp3) is 0.533. The van der Waals surface area contributed by atoms with Crippen molar-refractivity contribution in [1.82, 2.24) is 0 Å². The number of nitrogens with zero attached hydrogens (tertiary/aromatic N) is 1. The Morgan fingerprint density at radius 2 is 2.06 bits per heavy atom. The highest BCUT2D eigenvalue weighted by atomic mass is 79.9. The summed E-state index contributed by atoms with van der Waals surface area (Å²) in [4.78, 5) is 13.5. The van der Waals surface area contributed by atoms with Gasteiger partial charge in [-0.2, -0.15) is 0 Å². The molecule has 0 bridgehead atoms. The summed E-state index contributed by atoms with van der Waals surface area (Å²) in [5.74, 6) is 0. The van der Waals surface area contributed by atoms with Crippen molar-refractivity contribution in [3.05, 3.63) is 28.2 Å². The van der Waals surface area contributed by atoms with Crippen molar-refractivity contribution in [3.8, 4) is 0 Å². The normalized spacial score (nSPS) is 10.7. The van der Waals surface area contributed by atoms with Crippen LogP contribution >= 0.6 is 15.9 Å². The van der Waals surface area contributed by atoms with Gasteiger partial charge >= 0.3 is 0 Å². The Bertz CT molecular complexity index is 390. The molecule has 0 aromatic heterocycles. The van der Waals surface area contributed by atoms with Crippen LogP contribution in [0.4, 0.5) is 5.69 Å². The summed E-state index contributed by atoms with van der Waals surface area (Å²) in [6.07, 6.45) is 4.56. The second-order valence-electron chi connectivity index (χ2n) is 4.82. The van der Waals surface area contributed by atoms with Crippen molar-refractivity contribution in [2.24, 2.45) is 0 Å². The van der Waals surface area contributed by atoms with Crippen molar-refractivity contribution >= 4 is 27.9 Å². The van der Waals surface area contributed by atoms with Crippen molar-refractivity contribution in [2.45, 2.75) is 46.1 Å². The molecule has 0 aliphatic carbocycles. The lowest BCUT2D eigenvalue weighted by Gasteiger charge is -2.30. The van der Waals surface area contributed by atoms with Crippen LogP contribution in [0.5, 0.6) is 0 Å². The van der Waals surface area contributed by atoms with Gasteiger partial charge in [-0.25, -0.2) is 0 Å². The lowest BCUT2D eigenvalue weighted by molar-refractivity contribution is 0.112. The van der Waals surface area contributed by atoms with Gasteiger partial charge in [0.25, 0.3) is 0 Å². The van der Waals surface area contributed by atoms with Gasteiger partial charge in [-0.05, 0) is 38.5 Å². The molecular formula is C15H22BrNO. The Morgan fingerprint density at radius 3 is 2.61 bits per heavy atom. The summed E-state index contributed by atoms with van der Waals surface area (Å²) >= 11 is 3.41. The molecule has 1 aromatic carbocycles. The smallest absolute Gasteiger partial charge is 0.152 e. The van der Waals surface area contributed by atoms with Gasteiger partial charge in [-0.1, -0.05) is 35.7 Å². The maximum atomic E-state index is 11.2. The third-order valence-corrected chi connectivity index (χ3v) is 3.55. The largest absolute Gasteiger partial charge is 0.369 e. The quantitative estimate of drug-likeness (QED) is 0.539. The predicted octanol–water partition coefficient (Wildman–Crippen LogP) is 4.67. The SMILES string of the molecule is CCCCCN(c1ccc(Br)cc1C=O)C(C)C. The van der Waals surface area contributed by atoms with Crippen LogP contribution in [0, 0.1) is 0 Å². The highest BCUT2D eigenvalue weighted by molar-refractivity contribution is 9.10. The first-order chi connectivity index (χ1) is 8.60. The number of halogens is 1. The first-order valence-electron chi connectivity index (χ1n) is 6.61. The fourth-order valence-electron chi connectivity index (χ4n) is 2.07. The fourth-order valence-corrected chi connectivity index (χ4v) is 2.45. The first-order valence-corrected chi connectivity index (χ1v) is 7.40. The molecule has 1 rings (SSSR count). The lowest BCUT2D eigenvalue weighted by Crippen LogP contribution is -2.32. The van der Waals surface area contributed by atoms with Gasteiger partial charge in [0.1, 0.15) is 0 Å². The van der Waals surface area contributed by atoms with Crippen LogP contribution in [0.25, 0.3) is 0 Å². The van der Waals surface area contributed by atoms with E-state index in [2.05, 4.69) is 41.6 Å². The van der Waals surface area contributed by atoms with Crippen LogP contribution in [0.2, 0.25) is 0 Å². The van der Waals surface area contributed by atoms with Crippen LogP contribution in [-0.2, 0) is 0 Å². The van der Waals surface area contributed by atoms with Crippen LogP contribution < -0.4 is 4.90 Å². The van der Waals surface area contributed by atoms with Crippen molar-refractivity contribution in [2.75, 3.05) is 11.4 Å². The van der Waals surface area contributed by atoms with Crippen molar-refractivity contribution in [1.29, 1.82) is 0 Å². The molecule has 0 aliphatic heterocycles. The molecule has 0 saturated carbocycles. The Balaban J connectivity index is 2.94. The van der Waals surface area contributed by atoms with Crippen LogP contribution in [0.1, 0.15) is 50.4 Å². The van der Waals surface area contributed by atoms with E-state index in [4.69, 9.17) is 0 Å². The summed E-state index contributed by atoms with van der Waals surface area (Å²) in [6, 6.07) is 6.32. The second kappa shape index (κ2) is 7.57. The van der Waals surface area contributed by atoms with Gasteiger partial charge < -0.3 is 4.90 Å².